The Kier molecular flexibility index (Phi) is 6.48. The summed E-state index contributed by atoms with van der Waals surface area (Å²) in [4.78, 5) is 14.4. The summed E-state index contributed by atoms with van der Waals surface area (Å²) in [6.45, 7) is 4.60. The Morgan fingerprint density at radius 1 is 1.26 bits per heavy atom. The highest BCUT2D eigenvalue weighted by Crippen LogP contribution is 2.24. The molecule has 0 aromatic heterocycles. The molecule has 0 spiro atoms. The summed E-state index contributed by atoms with van der Waals surface area (Å²) in [6, 6.07) is 0. The van der Waals surface area contributed by atoms with Gasteiger partial charge in [0.15, 0.2) is 6.29 Å². The van der Waals surface area contributed by atoms with Crippen LogP contribution in [0.1, 0.15) is 44.9 Å². The molecule has 2 heterocycles. The third-order valence-electron chi connectivity index (χ3n) is 5.09. The normalized spacial score (nSPS) is 27.0. The van der Waals surface area contributed by atoms with Crippen LogP contribution in [-0.4, -0.2) is 56.5 Å². The van der Waals surface area contributed by atoms with Gasteiger partial charge in [-0.25, -0.2) is 0 Å². The zero-order valence-corrected chi connectivity index (χ0v) is 14.1. The van der Waals surface area contributed by atoms with Crippen molar-refractivity contribution in [3.05, 3.63) is 11.6 Å². The first-order valence-corrected chi connectivity index (χ1v) is 9.21. The van der Waals surface area contributed by atoms with Gasteiger partial charge >= 0.3 is 0 Å². The number of carbonyl (C=O) groups is 1. The quantitative estimate of drug-likeness (QED) is 0.761. The highest BCUT2D eigenvalue weighted by Gasteiger charge is 2.31. The SMILES string of the molecule is O=C(CN1CCCC(C2OCCO2)C1)NCCC1=CCCCC1. The number of nitrogens with zero attached hydrogens (tertiary/aromatic N) is 1. The molecule has 130 valence electrons. The lowest BCUT2D eigenvalue weighted by atomic mass is 9.97. The Balaban J connectivity index is 1.34. The standard InChI is InChI=1S/C18H30N2O3/c21-17(19-9-8-15-5-2-1-3-6-15)14-20-10-4-7-16(13-20)18-22-11-12-23-18/h5,16,18H,1-4,6-14H2,(H,19,21). The summed E-state index contributed by atoms with van der Waals surface area (Å²) < 4.78 is 11.2. The van der Waals surface area contributed by atoms with Gasteiger partial charge in [-0.05, 0) is 51.5 Å². The van der Waals surface area contributed by atoms with Crippen LogP contribution in [0.4, 0.5) is 0 Å². The smallest absolute Gasteiger partial charge is 0.234 e. The molecule has 3 rings (SSSR count). The van der Waals surface area contributed by atoms with Gasteiger partial charge in [-0.15, -0.1) is 0 Å². The lowest BCUT2D eigenvalue weighted by Gasteiger charge is -2.34. The fraction of sp³-hybridized carbons (Fsp3) is 0.833. The van der Waals surface area contributed by atoms with Crippen molar-refractivity contribution in [3.8, 4) is 0 Å². The molecule has 2 saturated heterocycles. The van der Waals surface area contributed by atoms with E-state index in [1.54, 1.807) is 0 Å². The lowest BCUT2D eigenvalue weighted by Crippen LogP contribution is -2.45. The number of hydrogen-bond acceptors (Lipinski definition) is 4. The Labute approximate surface area is 139 Å². The molecule has 0 aromatic carbocycles. The van der Waals surface area contributed by atoms with E-state index in [1.165, 1.54) is 31.3 Å². The van der Waals surface area contributed by atoms with Gasteiger partial charge in [-0.3, -0.25) is 9.69 Å². The molecule has 3 aliphatic rings. The molecular formula is C18H30N2O3. The average molecular weight is 322 g/mol. The van der Waals surface area contributed by atoms with Crippen LogP contribution in [0.3, 0.4) is 0 Å². The second kappa shape index (κ2) is 8.81. The van der Waals surface area contributed by atoms with Crippen molar-refractivity contribution in [1.82, 2.24) is 10.2 Å². The Hall–Kier alpha value is -0.910. The van der Waals surface area contributed by atoms with Gasteiger partial charge in [0.05, 0.1) is 19.8 Å². The van der Waals surface area contributed by atoms with Crippen LogP contribution in [0.5, 0.6) is 0 Å². The zero-order valence-electron chi connectivity index (χ0n) is 14.1. The van der Waals surface area contributed by atoms with Crippen LogP contribution in [0.2, 0.25) is 0 Å². The van der Waals surface area contributed by atoms with Gasteiger partial charge in [0, 0.05) is 19.0 Å². The summed E-state index contributed by atoms with van der Waals surface area (Å²) in [5, 5.41) is 3.08. The maximum atomic E-state index is 12.1. The van der Waals surface area contributed by atoms with Crippen molar-refractivity contribution < 1.29 is 14.3 Å². The van der Waals surface area contributed by atoms with Gasteiger partial charge in [0.2, 0.25) is 5.91 Å². The van der Waals surface area contributed by atoms with Gasteiger partial charge in [-0.1, -0.05) is 11.6 Å². The summed E-state index contributed by atoms with van der Waals surface area (Å²) in [5.74, 6) is 0.557. The molecule has 2 aliphatic heterocycles. The van der Waals surface area contributed by atoms with Crippen molar-refractivity contribution in [3.63, 3.8) is 0 Å². The first kappa shape index (κ1) is 16.9. The molecule has 0 radical (unpaired) electrons. The first-order valence-electron chi connectivity index (χ1n) is 9.21. The van der Waals surface area contributed by atoms with E-state index >= 15 is 0 Å². The number of carbonyl (C=O) groups excluding carboxylic acids is 1. The highest BCUT2D eigenvalue weighted by atomic mass is 16.7. The number of ether oxygens (including phenoxy) is 2. The summed E-state index contributed by atoms with van der Waals surface area (Å²) >= 11 is 0. The fourth-order valence-corrected chi connectivity index (χ4v) is 3.86. The molecule has 5 nitrogen and oxygen atoms in total. The van der Waals surface area contributed by atoms with E-state index in [0.29, 0.717) is 25.7 Å². The number of nitrogens with one attached hydrogen (secondary N) is 1. The van der Waals surface area contributed by atoms with Crippen LogP contribution in [-0.2, 0) is 14.3 Å². The minimum absolute atomic E-state index is 0.0564. The summed E-state index contributed by atoms with van der Waals surface area (Å²) in [6.07, 6.45) is 10.6. The average Bonchev–Trinajstić information content (AvgIpc) is 3.11. The number of rotatable bonds is 6. The van der Waals surface area contributed by atoms with Crippen LogP contribution in [0.25, 0.3) is 0 Å². The van der Waals surface area contributed by atoms with Crippen LogP contribution < -0.4 is 5.32 Å². The van der Waals surface area contributed by atoms with Crippen molar-refractivity contribution >= 4 is 5.91 Å². The van der Waals surface area contributed by atoms with Gasteiger partial charge in [0.25, 0.3) is 0 Å². The number of allylic oxidation sites excluding steroid dienone is 1. The molecule has 1 amide bonds. The van der Waals surface area contributed by atoms with Crippen LogP contribution in [0.15, 0.2) is 11.6 Å². The molecule has 2 fully saturated rings. The fourth-order valence-electron chi connectivity index (χ4n) is 3.86. The minimum Gasteiger partial charge on any atom is -0.355 e. The van der Waals surface area contributed by atoms with Gasteiger partial charge < -0.3 is 14.8 Å². The first-order chi connectivity index (χ1) is 11.3. The van der Waals surface area contributed by atoms with E-state index in [1.807, 2.05) is 0 Å². The van der Waals surface area contributed by atoms with E-state index in [0.717, 1.165) is 38.9 Å². The topological polar surface area (TPSA) is 50.8 Å². The van der Waals surface area contributed by atoms with E-state index in [9.17, 15) is 4.79 Å². The number of likely N-dealkylation sites (tertiary alicyclic amines) is 1. The van der Waals surface area contributed by atoms with E-state index < -0.39 is 0 Å². The molecule has 0 saturated carbocycles. The minimum atomic E-state index is -0.0564. The monoisotopic (exact) mass is 322 g/mol. The molecule has 1 aliphatic carbocycles. The number of hydrogen-bond donors (Lipinski definition) is 1. The molecule has 1 N–H and O–H groups in total. The van der Waals surface area contributed by atoms with Gasteiger partial charge in [-0.2, -0.15) is 0 Å². The maximum absolute atomic E-state index is 12.1. The van der Waals surface area contributed by atoms with E-state index in [-0.39, 0.29) is 12.2 Å². The Bertz CT molecular complexity index is 418. The van der Waals surface area contributed by atoms with Crippen molar-refractivity contribution in [1.29, 1.82) is 0 Å². The predicted molar refractivity (Wildman–Crippen MR) is 89.0 cm³/mol. The second-order valence-electron chi connectivity index (χ2n) is 6.96. The largest absolute Gasteiger partial charge is 0.355 e. The van der Waals surface area contributed by atoms with E-state index in [2.05, 4.69) is 16.3 Å². The number of piperidine rings is 1. The van der Waals surface area contributed by atoms with Crippen molar-refractivity contribution in [2.75, 3.05) is 39.4 Å². The molecule has 1 atom stereocenters. The van der Waals surface area contributed by atoms with Crippen molar-refractivity contribution in [2.45, 2.75) is 51.2 Å². The third kappa shape index (κ3) is 5.30. The zero-order chi connectivity index (χ0) is 15.9. The second-order valence-corrected chi connectivity index (χ2v) is 6.96. The Morgan fingerprint density at radius 3 is 2.91 bits per heavy atom. The number of amides is 1. The molecular weight excluding hydrogens is 292 g/mol. The maximum Gasteiger partial charge on any atom is 0.234 e. The molecule has 0 aromatic rings. The third-order valence-corrected chi connectivity index (χ3v) is 5.09. The Morgan fingerprint density at radius 2 is 2.13 bits per heavy atom. The van der Waals surface area contributed by atoms with E-state index in [4.69, 9.17) is 9.47 Å². The summed E-state index contributed by atoms with van der Waals surface area (Å²) in [5.41, 5.74) is 1.52. The van der Waals surface area contributed by atoms with Crippen LogP contribution in [0, 0.1) is 5.92 Å². The van der Waals surface area contributed by atoms with Gasteiger partial charge in [0.1, 0.15) is 0 Å². The predicted octanol–water partition coefficient (Wildman–Crippen LogP) is 2.08. The molecule has 5 heteroatoms. The van der Waals surface area contributed by atoms with Crippen molar-refractivity contribution in [2.24, 2.45) is 5.92 Å². The highest BCUT2D eigenvalue weighted by molar-refractivity contribution is 5.78. The van der Waals surface area contributed by atoms with Crippen LogP contribution >= 0.6 is 0 Å². The lowest BCUT2D eigenvalue weighted by molar-refractivity contribution is -0.125. The molecule has 1 unspecified atom stereocenters. The molecule has 23 heavy (non-hydrogen) atoms. The molecule has 0 bridgehead atoms. The summed E-state index contributed by atoms with van der Waals surface area (Å²) in [7, 11) is 0.